The topological polar surface area (TPSA) is 87.6 Å². The number of carbonyl (C=O) groups excluding carboxylic acids is 2. The van der Waals surface area contributed by atoms with Crippen molar-refractivity contribution in [3.63, 3.8) is 0 Å². The Bertz CT molecular complexity index is 803. The van der Waals surface area contributed by atoms with Crippen molar-refractivity contribution in [2.45, 2.75) is 0 Å². The lowest BCUT2D eigenvalue weighted by molar-refractivity contribution is 0.0689. The molecule has 1 aliphatic heterocycles. The Kier molecular flexibility index (Phi) is 3.06. The summed E-state index contributed by atoms with van der Waals surface area (Å²) in [5.41, 5.74) is 0.523. The summed E-state index contributed by atoms with van der Waals surface area (Å²) in [7, 11) is 0. The molecular weight excluding hydrogens is 340 g/mol. The molecule has 104 valence electrons. The van der Waals surface area contributed by atoms with Gasteiger partial charge in [0, 0.05) is 10.7 Å². The highest BCUT2D eigenvalue weighted by molar-refractivity contribution is 9.10. The molecule has 1 aromatic heterocycles. The molecule has 1 aliphatic rings. The number of rotatable bonds is 2. The van der Waals surface area contributed by atoms with Crippen molar-refractivity contribution >= 4 is 39.4 Å². The number of fused-ring (bicyclic) bond motifs is 1. The highest BCUT2D eigenvalue weighted by Gasteiger charge is 2.37. The third-order valence-corrected chi connectivity index (χ3v) is 3.56. The monoisotopic (exact) mass is 346 g/mol. The van der Waals surface area contributed by atoms with Crippen LogP contribution >= 0.6 is 15.9 Å². The number of hydrogen-bond acceptors (Lipinski definition) is 4. The van der Waals surface area contributed by atoms with E-state index in [-0.39, 0.29) is 22.5 Å². The van der Waals surface area contributed by atoms with Crippen molar-refractivity contribution in [1.29, 1.82) is 0 Å². The highest BCUT2D eigenvalue weighted by Crippen LogP contribution is 2.30. The van der Waals surface area contributed by atoms with E-state index in [0.29, 0.717) is 4.47 Å². The zero-order chi connectivity index (χ0) is 15.1. The first-order valence-electron chi connectivity index (χ1n) is 5.86. The Hall–Kier alpha value is -2.54. The number of aromatic carboxylic acids is 1. The molecule has 0 radical (unpaired) electrons. The molecule has 0 saturated heterocycles. The summed E-state index contributed by atoms with van der Waals surface area (Å²) in [5, 5.41) is 8.94. The minimum Gasteiger partial charge on any atom is -0.477 e. The van der Waals surface area contributed by atoms with Gasteiger partial charge in [0.2, 0.25) is 0 Å². The normalized spacial score (nSPS) is 13.5. The Morgan fingerprint density at radius 2 is 1.81 bits per heavy atom. The van der Waals surface area contributed by atoms with Crippen molar-refractivity contribution in [3.8, 4) is 0 Å². The summed E-state index contributed by atoms with van der Waals surface area (Å²) in [6.07, 6.45) is 1.25. The lowest BCUT2D eigenvalue weighted by Crippen LogP contribution is -2.29. The van der Waals surface area contributed by atoms with Gasteiger partial charge in [0.05, 0.1) is 16.8 Å². The van der Waals surface area contributed by atoms with Gasteiger partial charge in [0.25, 0.3) is 11.8 Å². The van der Waals surface area contributed by atoms with Gasteiger partial charge in [-0.1, -0.05) is 15.9 Å². The van der Waals surface area contributed by atoms with E-state index in [1.54, 1.807) is 18.2 Å². The zero-order valence-electron chi connectivity index (χ0n) is 10.4. The lowest BCUT2D eigenvalue weighted by Gasteiger charge is -2.13. The minimum absolute atomic E-state index is 0.185. The number of nitrogens with zero attached hydrogens (tertiary/aromatic N) is 2. The van der Waals surface area contributed by atoms with Crippen molar-refractivity contribution in [2.75, 3.05) is 4.90 Å². The van der Waals surface area contributed by atoms with Crippen LogP contribution in [0.3, 0.4) is 0 Å². The number of halogens is 1. The fourth-order valence-electron chi connectivity index (χ4n) is 2.12. The van der Waals surface area contributed by atoms with E-state index >= 15 is 0 Å². The Labute approximate surface area is 127 Å². The fraction of sp³-hybridized carbons (Fsp3) is 0. The average molecular weight is 347 g/mol. The fourth-order valence-corrected chi connectivity index (χ4v) is 2.48. The van der Waals surface area contributed by atoms with Crippen LogP contribution in [-0.2, 0) is 0 Å². The maximum atomic E-state index is 12.4. The van der Waals surface area contributed by atoms with Crippen molar-refractivity contribution < 1.29 is 19.5 Å². The number of anilines is 1. The summed E-state index contributed by atoms with van der Waals surface area (Å²) in [5.74, 6) is -2.19. The van der Waals surface area contributed by atoms with Gasteiger partial charge in [0.15, 0.2) is 0 Å². The molecule has 2 amide bonds. The Morgan fingerprint density at radius 1 is 1.10 bits per heavy atom. The maximum Gasteiger partial charge on any atom is 0.354 e. The van der Waals surface area contributed by atoms with Gasteiger partial charge in [-0.25, -0.2) is 14.7 Å². The van der Waals surface area contributed by atoms with Crippen LogP contribution < -0.4 is 4.90 Å². The number of hydrogen-bond donors (Lipinski definition) is 1. The number of benzene rings is 1. The molecule has 0 atom stereocenters. The smallest absolute Gasteiger partial charge is 0.354 e. The number of aromatic nitrogens is 1. The quantitative estimate of drug-likeness (QED) is 0.843. The second kappa shape index (κ2) is 4.78. The molecule has 3 rings (SSSR count). The molecule has 21 heavy (non-hydrogen) atoms. The number of carbonyl (C=O) groups is 3. The highest BCUT2D eigenvalue weighted by atomic mass is 79.9. The third kappa shape index (κ3) is 2.11. The average Bonchev–Trinajstić information content (AvgIpc) is 2.70. The molecule has 2 aromatic rings. The molecule has 1 N–H and O–H groups in total. The molecular formula is C14H7BrN2O4. The molecule has 0 unspecified atom stereocenters. The van der Waals surface area contributed by atoms with Crippen LogP contribution in [0, 0.1) is 0 Å². The number of pyridine rings is 1. The van der Waals surface area contributed by atoms with Gasteiger partial charge in [-0.15, -0.1) is 0 Å². The van der Waals surface area contributed by atoms with Gasteiger partial charge < -0.3 is 5.11 Å². The summed E-state index contributed by atoms with van der Waals surface area (Å²) in [6, 6.07) is 7.40. The number of amides is 2. The summed E-state index contributed by atoms with van der Waals surface area (Å²) >= 11 is 3.25. The second-order valence-corrected chi connectivity index (χ2v) is 5.26. The van der Waals surface area contributed by atoms with Gasteiger partial charge in [0.1, 0.15) is 5.69 Å². The molecule has 7 heteroatoms. The van der Waals surface area contributed by atoms with Gasteiger partial charge in [-0.05, 0) is 30.3 Å². The van der Waals surface area contributed by atoms with Crippen molar-refractivity contribution in [1.82, 2.24) is 4.98 Å². The van der Waals surface area contributed by atoms with Crippen LogP contribution in [0.4, 0.5) is 5.69 Å². The summed E-state index contributed by atoms with van der Waals surface area (Å²) < 4.78 is 0.685. The van der Waals surface area contributed by atoms with Gasteiger partial charge >= 0.3 is 5.97 Å². The van der Waals surface area contributed by atoms with E-state index in [2.05, 4.69) is 20.9 Å². The maximum absolute atomic E-state index is 12.4. The van der Waals surface area contributed by atoms with Crippen LogP contribution in [0.1, 0.15) is 31.2 Å². The van der Waals surface area contributed by atoms with E-state index < -0.39 is 17.8 Å². The zero-order valence-corrected chi connectivity index (χ0v) is 12.0. The molecule has 0 bridgehead atoms. The summed E-state index contributed by atoms with van der Waals surface area (Å²) in [6.45, 7) is 0. The minimum atomic E-state index is -1.23. The molecule has 2 heterocycles. The standard InChI is InChI=1S/C14H7BrN2O4/c15-7-1-2-9-10(5-7)13(19)17(12(9)18)8-3-4-16-11(6-8)14(20)21/h1-6H,(H,20,21). The van der Waals surface area contributed by atoms with E-state index in [1.807, 2.05) is 0 Å². The predicted molar refractivity (Wildman–Crippen MR) is 76.5 cm³/mol. The number of carboxylic acids is 1. The van der Waals surface area contributed by atoms with Crippen molar-refractivity contribution in [2.24, 2.45) is 0 Å². The molecule has 1 aromatic carbocycles. The number of imide groups is 1. The predicted octanol–water partition coefficient (Wildman–Crippen LogP) is 2.34. The van der Waals surface area contributed by atoms with Crippen LogP contribution in [-0.4, -0.2) is 27.9 Å². The summed E-state index contributed by atoms with van der Waals surface area (Å²) in [4.78, 5) is 40.2. The Morgan fingerprint density at radius 3 is 2.52 bits per heavy atom. The molecule has 0 spiro atoms. The van der Waals surface area contributed by atoms with Crippen LogP contribution in [0.5, 0.6) is 0 Å². The first-order valence-corrected chi connectivity index (χ1v) is 6.66. The first kappa shape index (κ1) is 13.4. The van der Waals surface area contributed by atoms with Crippen LogP contribution in [0.25, 0.3) is 0 Å². The SMILES string of the molecule is O=C(O)c1cc(N2C(=O)c3ccc(Br)cc3C2=O)ccn1. The van der Waals surface area contributed by atoms with Crippen LogP contribution in [0.2, 0.25) is 0 Å². The molecule has 0 fully saturated rings. The molecule has 0 aliphatic carbocycles. The van der Waals surface area contributed by atoms with E-state index in [1.165, 1.54) is 18.3 Å². The second-order valence-electron chi connectivity index (χ2n) is 4.34. The Balaban J connectivity index is 2.10. The van der Waals surface area contributed by atoms with Gasteiger partial charge in [-0.2, -0.15) is 0 Å². The van der Waals surface area contributed by atoms with E-state index in [0.717, 1.165) is 4.90 Å². The van der Waals surface area contributed by atoms with E-state index in [9.17, 15) is 14.4 Å². The first-order chi connectivity index (χ1) is 9.99. The molecule has 0 saturated carbocycles. The van der Waals surface area contributed by atoms with Crippen LogP contribution in [0.15, 0.2) is 41.0 Å². The van der Waals surface area contributed by atoms with Gasteiger partial charge in [-0.3, -0.25) is 9.59 Å². The van der Waals surface area contributed by atoms with Crippen molar-refractivity contribution in [3.05, 3.63) is 57.8 Å². The largest absolute Gasteiger partial charge is 0.477 e. The van der Waals surface area contributed by atoms with E-state index in [4.69, 9.17) is 5.11 Å². The number of carboxylic acid groups (broad SMARTS) is 1. The molecule has 6 nitrogen and oxygen atoms in total. The third-order valence-electron chi connectivity index (χ3n) is 3.07. The lowest BCUT2D eigenvalue weighted by atomic mass is 10.1.